The number of nitrogens with one attached hydrogen (secondary N) is 2. The van der Waals surface area contributed by atoms with Crippen LogP contribution in [0.15, 0.2) is 36.4 Å². The third kappa shape index (κ3) is 6.14. The van der Waals surface area contributed by atoms with Gasteiger partial charge >= 0.3 is 6.09 Å². The highest BCUT2D eigenvalue weighted by Gasteiger charge is 2.62. The Bertz CT molecular complexity index is 1420. The van der Waals surface area contributed by atoms with Crippen LogP contribution in [0.2, 0.25) is 0 Å². The van der Waals surface area contributed by atoms with E-state index in [0.717, 1.165) is 36.8 Å². The highest BCUT2D eigenvalue weighted by Crippen LogP contribution is 2.46. The molecule has 1 saturated heterocycles. The lowest BCUT2D eigenvalue weighted by Crippen LogP contribution is -2.57. The molecule has 0 spiro atoms. The van der Waals surface area contributed by atoms with Crippen molar-refractivity contribution >= 4 is 33.8 Å². The maximum atomic E-state index is 13.8. The fraction of sp³-hybridized carbons (Fsp3) is 0.600. The summed E-state index contributed by atoms with van der Waals surface area (Å²) in [4.78, 5) is 56.8. The summed E-state index contributed by atoms with van der Waals surface area (Å²) in [5.74, 6) is -2.16. The van der Waals surface area contributed by atoms with Gasteiger partial charge in [-0.2, -0.15) is 0 Å². The maximum absolute atomic E-state index is 13.8. The van der Waals surface area contributed by atoms with Crippen LogP contribution < -0.4 is 15.8 Å². The molecule has 1 aromatic carbocycles. The first-order valence-electron chi connectivity index (χ1n) is 15.2. The SMILES string of the molecule is N[C@H]1CCCCC/C=C\[C@@H]2C[C@@]2(C(=O)NS(=O)(=O)C2CC2)NC(=O)[C@@H]2C[C@@H](OC(=O)N3Cc4ccccc4C3)CN2C1=O. The van der Waals surface area contributed by atoms with Crippen LogP contribution in [-0.4, -0.2) is 77.6 Å². The lowest BCUT2D eigenvalue weighted by atomic mass is 10.1. The van der Waals surface area contributed by atoms with Gasteiger partial charge in [0.25, 0.3) is 5.91 Å². The monoisotopic (exact) mass is 613 g/mol. The number of hydrogen-bond acceptors (Lipinski definition) is 8. The molecule has 2 aliphatic carbocycles. The number of sulfonamides is 1. The fourth-order valence-electron chi connectivity index (χ4n) is 6.42. The van der Waals surface area contributed by atoms with Crippen LogP contribution in [0.4, 0.5) is 4.79 Å². The molecule has 0 aromatic heterocycles. The molecule has 2 saturated carbocycles. The summed E-state index contributed by atoms with van der Waals surface area (Å²) >= 11 is 0. The number of hydrogen-bond donors (Lipinski definition) is 3. The molecule has 43 heavy (non-hydrogen) atoms. The lowest BCUT2D eigenvalue weighted by Gasteiger charge is -2.28. The number of nitrogens with two attached hydrogens (primary N) is 1. The van der Waals surface area contributed by atoms with Gasteiger partial charge in [0.05, 0.1) is 17.8 Å². The highest BCUT2D eigenvalue weighted by atomic mass is 32.2. The Hall–Kier alpha value is -3.45. The van der Waals surface area contributed by atoms with Crippen molar-refractivity contribution < 1.29 is 32.3 Å². The van der Waals surface area contributed by atoms with E-state index < -0.39 is 62.8 Å². The van der Waals surface area contributed by atoms with Crippen LogP contribution in [0.5, 0.6) is 0 Å². The quantitative estimate of drug-likeness (QED) is 0.429. The topological polar surface area (TPSA) is 168 Å². The molecular formula is C30H39N5O7S. The van der Waals surface area contributed by atoms with Gasteiger partial charge in [0.15, 0.2) is 0 Å². The molecule has 0 bridgehead atoms. The van der Waals surface area contributed by atoms with Crippen LogP contribution in [0.25, 0.3) is 0 Å². The molecule has 3 fully saturated rings. The fourth-order valence-corrected chi connectivity index (χ4v) is 7.79. The molecular weight excluding hydrogens is 574 g/mol. The third-order valence-electron chi connectivity index (χ3n) is 9.25. The minimum Gasteiger partial charge on any atom is -0.444 e. The second-order valence-corrected chi connectivity index (χ2v) is 14.5. The zero-order valence-electron chi connectivity index (χ0n) is 24.1. The van der Waals surface area contributed by atoms with Crippen molar-refractivity contribution in [2.75, 3.05) is 6.54 Å². The van der Waals surface area contributed by atoms with Crippen LogP contribution >= 0.6 is 0 Å². The summed E-state index contributed by atoms with van der Waals surface area (Å²) < 4.78 is 33.2. The van der Waals surface area contributed by atoms with Gasteiger partial charge in [-0.1, -0.05) is 49.3 Å². The zero-order valence-corrected chi connectivity index (χ0v) is 24.9. The predicted molar refractivity (Wildman–Crippen MR) is 155 cm³/mol. The van der Waals surface area contributed by atoms with E-state index in [-0.39, 0.29) is 25.3 Å². The van der Waals surface area contributed by atoms with Gasteiger partial charge < -0.3 is 20.7 Å². The highest BCUT2D eigenvalue weighted by molar-refractivity contribution is 7.91. The molecule has 5 atom stereocenters. The van der Waals surface area contributed by atoms with Gasteiger partial charge in [-0.15, -0.1) is 0 Å². The Morgan fingerprint density at radius 2 is 1.77 bits per heavy atom. The molecule has 4 amide bonds. The Labute approximate surface area is 251 Å². The Morgan fingerprint density at radius 1 is 1.05 bits per heavy atom. The molecule has 13 heteroatoms. The van der Waals surface area contributed by atoms with E-state index in [4.69, 9.17) is 10.5 Å². The molecule has 0 radical (unpaired) electrons. The number of amides is 4. The third-order valence-corrected chi connectivity index (χ3v) is 11.1. The molecule has 0 unspecified atom stereocenters. The van der Waals surface area contributed by atoms with E-state index >= 15 is 0 Å². The molecule has 6 rings (SSSR count). The number of nitrogens with zero attached hydrogens (tertiary/aromatic N) is 2. The van der Waals surface area contributed by atoms with Crippen molar-refractivity contribution in [1.29, 1.82) is 0 Å². The van der Waals surface area contributed by atoms with Crippen molar-refractivity contribution in [2.45, 2.75) is 99.9 Å². The van der Waals surface area contributed by atoms with Gasteiger partial charge in [-0.3, -0.25) is 24.0 Å². The first-order chi connectivity index (χ1) is 20.6. The van der Waals surface area contributed by atoms with Gasteiger partial charge in [0.1, 0.15) is 17.7 Å². The number of allylic oxidation sites excluding steroid dienone is 1. The molecule has 4 N–H and O–H groups in total. The van der Waals surface area contributed by atoms with E-state index in [0.29, 0.717) is 32.4 Å². The minimum atomic E-state index is -3.83. The number of fused-ring (bicyclic) bond motifs is 3. The lowest BCUT2D eigenvalue weighted by molar-refractivity contribution is -0.140. The molecule has 232 valence electrons. The van der Waals surface area contributed by atoms with E-state index in [1.54, 1.807) is 4.90 Å². The molecule has 5 aliphatic rings. The maximum Gasteiger partial charge on any atom is 0.410 e. The van der Waals surface area contributed by atoms with E-state index in [1.165, 1.54) is 4.90 Å². The Balaban J connectivity index is 1.20. The molecule has 3 heterocycles. The van der Waals surface area contributed by atoms with E-state index in [1.807, 2.05) is 36.4 Å². The van der Waals surface area contributed by atoms with Crippen molar-refractivity contribution in [3.8, 4) is 0 Å². The largest absolute Gasteiger partial charge is 0.444 e. The number of ether oxygens (including phenoxy) is 1. The Kier molecular flexibility index (Phi) is 7.97. The van der Waals surface area contributed by atoms with Gasteiger partial charge in [-0.05, 0) is 49.7 Å². The summed E-state index contributed by atoms with van der Waals surface area (Å²) in [7, 11) is -3.83. The van der Waals surface area contributed by atoms with Gasteiger partial charge in [0, 0.05) is 25.4 Å². The first kappa shape index (κ1) is 29.6. The number of rotatable bonds is 4. The second-order valence-electron chi connectivity index (χ2n) is 12.5. The second kappa shape index (κ2) is 11.6. The van der Waals surface area contributed by atoms with E-state index in [9.17, 15) is 27.6 Å². The number of carbonyl (C=O) groups excluding carboxylic acids is 4. The zero-order chi connectivity index (χ0) is 30.4. The van der Waals surface area contributed by atoms with Gasteiger partial charge in [0.2, 0.25) is 21.8 Å². The smallest absolute Gasteiger partial charge is 0.410 e. The molecule has 12 nitrogen and oxygen atoms in total. The Morgan fingerprint density at radius 3 is 2.47 bits per heavy atom. The normalized spacial score (nSPS) is 31.9. The summed E-state index contributed by atoms with van der Waals surface area (Å²) in [6.07, 6.45) is 7.50. The first-order valence-corrected chi connectivity index (χ1v) is 16.7. The van der Waals surface area contributed by atoms with Crippen molar-refractivity contribution in [3.63, 3.8) is 0 Å². The average molecular weight is 614 g/mol. The van der Waals surface area contributed by atoms with Crippen molar-refractivity contribution in [1.82, 2.24) is 19.8 Å². The number of benzene rings is 1. The van der Waals surface area contributed by atoms with Crippen molar-refractivity contribution in [3.05, 3.63) is 47.5 Å². The van der Waals surface area contributed by atoms with Crippen LogP contribution in [0.1, 0.15) is 68.9 Å². The minimum absolute atomic E-state index is 0.00423. The predicted octanol–water partition coefficient (Wildman–Crippen LogP) is 1.44. The van der Waals surface area contributed by atoms with Gasteiger partial charge in [-0.25, -0.2) is 13.2 Å². The van der Waals surface area contributed by atoms with Crippen LogP contribution in [0, 0.1) is 5.92 Å². The standard InChI is InChI=1S/C30H39N5O7S/c31-24-11-5-3-1-2-4-10-21-15-30(21,28(38)33-43(40,41)23-12-13-23)32-26(36)25-14-22(18-35(25)27(24)37)42-29(39)34-16-19-8-6-7-9-20(19)17-34/h4,6-10,21-25H,1-3,5,11-18,31H2,(H,32,36)(H,33,38)/b10-4-/t21-,22-,24+,25+,30-/m1/s1. The summed E-state index contributed by atoms with van der Waals surface area (Å²) in [5.41, 5.74) is 6.93. The summed E-state index contributed by atoms with van der Waals surface area (Å²) in [6.45, 7) is 0.820. The average Bonchev–Trinajstić information content (AvgIpc) is 3.86. The van der Waals surface area contributed by atoms with Crippen LogP contribution in [0.3, 0.4) is 0 Å². The summed E-state index contributed by atoms with van der Waals surface area (Å²) in [6, 6.07) is 5.89. The van der Waals surface area contributed by atoms with Crippen LogP contribution in [-0.2, 0) is 42.2 Å². The van der Waals surface area contributed by atoms with E-state index in [2.05, 4.69) is 10.0 Å². The number of carbonyl (C=O) groups is 4. The molecule has 3 aliphatic heterocycles. The molecule has 1 aromatic rings. The summed E-state index contributed by atoms with van der Waals surface area (Å²) in [5, 5.41) is 2.22. The van der Waals surface area contributed by atoms with Crippen molar-refractivity contribution in [2.24, 2.45) is 11.7 Å².